The molecular formula is C18H21N5O2S. The minimum absolute atomic E-state index is 0.0358. The van der Waals surface area contributed by atoms with Crippen molar-refractivity contribution in [1.29, 1.82) is 0 Å². The van der Waals surface area contributed by atoms with Crippen molar-refractivity contribution in [3.8, 4) is 0 Å². The topological polar surface area (TPSA) is 78.4 Å². The molecular weight excluding hydrogens is 350 g/mol. The van der Waals surface area contributed by atoms with Crippen LogP contribution in [0, 0.1) is 5.92 Å². The molecule has 2 aromatic rings. The summed E-state index contributed by atoms with van der Waals surface area (Å²) in [5.74, 6) is 0.209. The van der Waals surface area contributed by atoms with E-state index in [1.807, 2.05) is 15.9 Å². The Morgan fingerprint density at radius 1 is 1.15 bits per heavy atom. The second-order valence-corrected chi connectivity index (χ2v) is 7.63. The van der Waals surface area contributed by atoms with Crippen molar-refractivity contribution in [3.05, 3.63) is 41.2 Å². The number of pyridine rings is 1. The molecule has 0 unspecified atom stereocenters. The van der Waals surface area contributed by atoms with Crippen molar-refractivity contribution in [2.24, 2.45) is 5.92 Å². The predicted molar refractivity (Wildman–Crippen MR) is 99.3 cm³/mol. The number of carbonyl (C=O) groups excluding carboxylic acids is 2. The highest BCUT2D eigenvalue weighted by Gasteiger charge is 2.39. The van der Waals surface area contributed by atoms with E-state index in [0.29, 0.717) is 36.9 Å². The van der Waals surface area contributed by atoms with Gasteiger partial charge in [0.15, 0.2) is 5.13 Å². The predicted octanol–water partition coefficient (Wildman–Crippen LogP) is 1.96. The minimum Gasteiger partial charge on any atom is -0.365 e. The average Bonchev–Trinajstić information content (AvgIpc) is 2.98. The second kappa shape index (κ2) is 7.03. The van der Waals surface area contributed by atoms with Crippen molar-refractivity contribution >= 4 is 28.3 Å². The van der Waals surface area contributed by atoms with E-state index in [2.05, 4.69) is 15.3 Å². The molecule has 2 aromatic heterocycles. The molecule has 0 aromatic carbocycles. The fourth-order valence-corrected chi connectivity index (χ4v) is 4.43. The van der Waals surface area contributed by atoms with Crippen LogP contribution in [-0.4, -0.2) is 64.3 Å². The Kier molecular flexibility index (Phi) is 4.58. The normalized spacial score (nSPS) is 22.2. The van der Waals surface area contributed by atoms with Crippen LogP contribution in [0.4, 0.5) is 5.13 Å². The molecule has 26 heavy (non-hydrogen) atoms. The summed E-state index contributed by atoms with van der Waals surface area (Å²) in [4.78, 5) is 38.0. The van der Waals surface area contributed by atoms with Gasteiger partial charge in [-0.2, -0.15) is 0 Å². The van der Waals surface area contributed by atoms with Crippen molar-refractivity contribution < 1.29 is 9.59 Å². The number of nitrogens with one attached hydrogen (secondary N) is 1. The van der Waals surface area contributed by atoms with Gasteiger partial charge < -0.3 is 15.1 Å². The maximum Gasteiger partial charge on any atom is 0.273 e. The van der Waals surface area contributed by atoms with Gasteiger partial charge in [0, 0.05) is 44.3 Å². The Morgan fingerprint density at radius 2 is 2.04 bits per heavy atom. The first-order chi connectivity index (χ1) is 12.7. The van der Waals surface area contributed by atoms with Crippen LogP contribution in [0.25, 0.3) is 0 Å². The third kappa shape index (κ3) is 3.16. The summed E-state index contributed by atoms with van der Waals surface area (Å²) in [6.45, 7) is 1.91. The number of piperidine rings is 1. The van der Waals surface area contributed by atoms with Crippen LogP contribution in [-0.2, 0) is 0 Å². The second-order valence-electron chi connectivity index (χ2n) is 6.77. The monoisotopic (exact) mass is 371 g/mol. The van der Waals surface area contributed by atoms with Gasteiger partial charge >= 0.3 is 0 Å². The molecule has 3 fully saturated rings. The standard InChI is InChI=1S/C18H21N5O2S/c1-19-18-21-15(11-26-18)17(25)23-9-12-5-6-13(23)10-22(8-12)16(24)14-4-2-3-7-20-14/h2-4,7,11-13H,5-6,8-10H2,1H3,(H,19,21)/t12-,13+/m0/s1. The van der Waals surface area contributed by atoms with Gasteiger partial charge in [-0.3, -0.25) is 14.6 Å². The summed E-state index contributed by atoms with van der Waals surface area (Å²) < 4.78 is 0. The first-order valence-electron chi connectivity index (χ1n) is 8.80. The highest BCUT2D eigenvalue weighted by atomic mass is 32.1. The van der Waals surface area contributed by atoms with E-state index >= 15 is 0 Å². The highest BCUT2D eigenvalue weighted by Crippen LogP contribution is 2.30. The highest BCUT2D eigenvalue weighted by molar-refractivity contribution is 7.13. The molecule has 5 rings (SSSR count). The van der Waals surface area contributed by atoms with E-state index in [0.717, 1.165) is 18.0 Å². The van der Waals surface area contributed by atoms with E-state index in [1.165, 1.54) is 11.3 Å². The van der Waals surface area contributed by atoms with Gasteiger partial charge in [0.1, 0.15) is 11.4 Å². The van der Waals surface area contributed by atoms with Gasteiger partial charge in [0.2, 0.25) is 0 Å². The lowest BCUT2D eigenvalue weighted by atomic mass is 9.95. The van der Waals surface area contributed by atoms with E-state index < -0.39 is 0 Å². The summed E-state index contributed by atoms with van der Waals surface area (Å²) in [6.07, 6.45) is 3.60. The van der Waals surface area contributed by atoms with Crippen molar-refractivity contribution in [2.45, 2.75) is 18.9 Å². The molecule has 2 amide bonds. The smallest absolute Gasteiger partial charge is 0.273 e. The Hall–Kier alpha value is -2.48. The number of amides is 2. The molecule has 1 N–H and O–H groups in total. The molecule has 3 aliphatic rings. The van der Waals surface area contributed by atoms with Crippen molar-refractivity contribution in [3.63, 3.8) is 0 Å². The van der Waals surface area contributed by atoms with Gasteiger partial charge in [-0.15, -0.1) is 11.3 Å². The zero-order chi connectivity index (χ0) is 18.1. The summed E-state index contributed by atoms with van der Waals surface area (Å²) in [5.41, 5.74) is 0.944. The number of anilines is 1. The first kappa shape index (κ1) is 17.0. The summed E-state index contributed by atoms with van der Waals surface area (Å²) in [7, 11) is 1.79. The number of rotatable bonds is 3. The zero-order valence-corrected chi connectivity index (χ0v) is 15.4. The zero-order valence-electron chi connectivity index (χ0n) is 14.6. The fourth-order valence-electron chi connectivity index (χ4n) is 3.78. The van der Waals surface area contributed by atoms with E-state index in [1.54, 1.807) is 30.8 Å². The van der Waals surface area contributed by atoms with E-state index in [9.17, 15) is 9.59 Å². The quantitative estimate of drug-likeness (QED) is 0.892. The molecule has 0 spiro atoms. The van der Waals surface area contributed by atoms with Crippen LogP contribution in [0.2, 0.25) is 0 Å². The third-order valence-electron chi connectivity index (χ3n) is 5.08. The van der Waals surface area contributed by atoms with Gasteiger partial charge in [-0.25, -0.2) is 4.98 Å². The minimum atomic E-state index is -0.0528. The lowest BCUT2D eigenvalue weighted by molar-refractivity contribution is 0.0569. The number of hydrogen-bond acceptors (Lipinski definition) is 6. The van der Waals surface area contributed by atoms with Crippen LogP contribution in [0.5, 0.6) is 0 Å². The maximum atomic E-state index is 12.9. The molecule has 3 aliphatic heterocycles. The number of thiazole rings is 1. The summed E-state index contributed by atoms with van der Waals surface area (Å²) in [5, 5.41) is 5.50. The molecule has 136 valence electrons. The van der Waals surface area contributed by atoms with Crippen LogP contribution >= 0.6 is 11.3 Å². The molecule has 0 saturated carbocycles. The van der Waals surface area contributed by atoms with Crippen LogP contribution in [0.1, 0.15) is 33.8 Å². The molecule has 3 saturated heterocycles. The van der Waals surface area contributed by atoms with E-state index in [4.69, 9.17) is 0 Å². The largest absolute Gasteiger partial charge is 0.365 e. The summed E-state index contributed by atoms with van der Waals surface area (Å²) >= 11 is 1.43. The lowest BCUT2D eigenvalue weighted by Crippen LogP contribution is -2.47. The number of aromatic nitrogens is 2. The number of fused-ring (bicyclic) bond motifs is 4. The Morgan fingerprint density at radius 3 is 2.77 bits per heavy atom. The third-order valence-corrected chi connectivity index (χ3v) is 5.94. The molecule has 8 heteroatoms. The molecule has 5 heterocycles. The maximum absolute atomic E-state index is 12.9. The molecule has 7 nitrogen and oxygen atoms in total. The lowest BCUT2D eigenvalue weighted by Gasteiger charge is -2.35. The Balaban J connectivity index is 1.53. The van der Waals surface area contributed by atoms with Crippen molar-refractivity contribution in [1.82, 2.24) is 19.8 Å². The number of carbonyl (C=O) groups is 2. The van der Waals surface area contributed by atoms with Crippen LogP contribution < -0.4 is 5.32 Å². The average molecular weight is 371 g/mol. The SMILES string of the molecule is CNc1nc(C(=O)N2C[C@H]3CC[C@@H]2CN(C(=O)c2ccccn2)C3)cs1. The molecule has 2 bridgehead atoms. The van der Waals surface area contributed by atoms with Gasteiger partial charge in [-0.05, 0) is 30.9 Å². The Labute approximate surface area is 156 Å². The fraction of sp³-hybridized carbons (Fsp3) is 0.444. The molecule has 2 atom stereocenters. The number of hydrogen-bond donors (Lipinski definition) is 1. The van der Waals surface area contributed by atoms with Crippen LogP contribution in [0.3, 0.4) is 0 Å². The van der Waals surface area contributed by atoms with Crippen LogP contribution in [0.15, 0.2) is 29.8 Å². The van der Waals surface area contributed by atoms with Crippen molar-refractivity contribution in [2.75, 3.05) is 32.0 Å². The van der Waals surface area contributed by atoms with E-state index in [-0.39, 0.29) is 17.9 Å². The van der Waals surface area contributed by atoms with Gasteiger partial charge in [-0.1, -0.05) is 6.07 Å². The van der Waals surface area contributed by atoms with Gasteiger partial charge in [0.25, 0.3) is 11.8 Å². The summed E-state index contributed by atoms with van der Waals surface area (Å²) in [6, 6.07) is 5.40. The van der Waals surface area contributed by atoms with Gasteiger partial charge in [0.05, 0.1) is 0 Å². The molecule has 0 aliphatic carbocycles. The Bertz CT molecular complexity index is 809. The number of nitrogens with zero attached hydrogens (tertiary/aromatic N) is 4. The molecule has 0 radical (unpaired) electrons. The first-order valence-corrected chi connectivity index (χ1v) is 9.68.